The molecule has 0 aliphatic rings. The first-order valence-electron chi connectivity index (χ1n) is 5.89. The zero-order valence-corrected chi connectivity index (χ0v) is 12.4. The lowest BCUT2D eigenvalue weighted by molar-refractivity contribution is -0.385. The summed E-state index contributed by atoms with van der Waals surface area (Å²) in [5.41, 5.74) is 0.737. The van der Waals surface area contributed by atoms with Crippen molar-refractivity contribution in [1.82, 2.24) is 0 Å². The number of ether oxygens (including phenoxy) is 1. The lowest BCUT2D eigenvalue weighted by Gasteiger charge is -2.09. The maximum absolute atomic E-state index is 13.8. The minimum Gasteiger partial charge on any atom is -0.454 e. The van der Waals surface area contributed by atoms with Gasteiger partial charge in [-0.2, -0.15) is 0 Å². The van der Waals surface area contributed by atoms with Crippen molar-refractivity contribution in [2.75, 3.05) is 0 Å². The van der Waals surface area contributed by atoms with E-state index in [0.717, 1.165) is 11.6 Å². The second-order valence-electron chi connectivity index (χ2n) is 4.32. The first kappa shape index (κ1) is 15.5. The summed E-state index contributed by atoms with van der Waals surface area (Å²) in [6.07, 6.45) is 0. The number of alkyl halides is 1. The van der Waals surface area contributed by atoms with Gasteiger partial charge < -0.3 is 4.74 Å². The van der Waals surface area contributed by atoms with Crippen LogP contribution in [0, 0.1) is 22.9 Å². The zero-order valence-electron chi connectivity index (χ0n) is 10.9. The Kier molecular flexibility index (Phi) is 4.65. The van der Waals surface area contributed by atoms with Gasteiger partial charge in [-0.25, -0.2) is 4.39 Å². The van der Waals surface area contributed by atoms with Crippen LogP contribution in [0.2, 0.25) is 5.02 Å². The van der Waals surface area contributed by atoms with E-state index in [1.165, 1.54) is 19.1 Å². The average molecular weight is 330 g/mol. The zero-order chi connectivity index (χ0) is 15.6. The van der Waals surface area contributed by atoms with Gasteiger partial charge >= 0.3 is 0 Å². The number of nitro groups is 1. The van der Waals surface area contributed by atoms with Crippen LogP contribution in [0.5, 0.6) is 11.5 Å². The number of rotatable bonds is 4. The molecule has 0 aliphatic heterocycles. The Morgan fingerprint density at radius 1 is 1.33 bits per heavy atom. The predicted molar refractivity (Wildman–Crippen MR) is 78.9 cm³/mol. The number of nitrogens with zero attached hydrogens (tertiary/aromatic N) is 1. The number of halogens is 3. The quantitative estimate of drug-likeness (QED) is 0.438. The van der Waals surface area contributed by atoms with Crippen molar-refractivity contribution in [2.45, 2.75) is 12.8 Å². The molecule has 0 spiro atoms. The summed E-state index contributed by atoms with van der Waals surface area (Å²) < 4.78 is 19.2. The van der Waals surface area contributed by atoms with E-state index < -0.39 is 10.7 Å². The van der Waals surface area contributed by atoms with Gasteiger partial charge in [0.25, 0.3) is 5.69 Å². The number of hydrogen-bond donors (Lipinski definition) is 0. The normalized spacial score (nSPS) is 10.5. The molecule has 0 unspecified atom stereocenters. The summed E-state index contributed by atoms with van der Waals surface area (Å²) >= 11 is 11.7. The summed E-state index contributed by atoms with van der Waals surface area (Å²) in [6, 6.07) is 6.88. The number of benzene rings is 2. The molecule has 0 amide bonds. The number of hydrogen-bond acceptors (Lipinski definition) is 3. The second kappa shape index (κ2) is 6.28. The van der Waals surface area contributed by atoms with E-state index >= 15 is 0 Å². The molecule has 0 atom stereocenters. The molecule has 4 nitrogen and oxygen atoms in total. The molecule has 0 aliphatic carbocycles. The molecule has 0 radical (unpaired) electrons. The largest absolute Gasteiger partial charge is 0.454 e. The number of aryl methyl sites for hydroxylation is 1. The molecule has 21 heavy (non-hydrogen) atoms. The molecule has 0 saturated heterocycles. The fourth-order valence-electron chi connectivity index (χ4n) is 1.75. The molecule has 0 saturated carbocycles. The van der Waals surface area contributed by atoms with Crippen molar-refractivity contribution in [3.63, 3.8) is 0 Å². The highest BCUT2D eigenvalue weighted by Crippen LogP contribution is 2.32. The highest BCUT2D eigenvalue weighted by Gasteiger charge is 2.17. The topological polar surface area (TPSA) is 52.4 Å². The van der Waals surface area contributed by atoms with Crippen molar-refractivity contribution in [2.24, 2.45) is 0 Å². The summed E-state index contributed by atoms with van der Waals surface area (Å²) in [5.74, 6) is -0.344. The molecule has 0 aromatic heterocycles. The molecular formula is C14H10Cl2FNO3. The minimum absolute atomic E-state index is 0.104. The SMILES string of the molecule is Cc1cc(Oc2ccc(CCl)c(Cl)c2)c(F)cc1[N+](=O)[O-]. The summed E-state index contributed by atoms with van der Waals surface area (Å²) in [5, 5.41) is 11.1. The maximum Gasteiger partial charge on any atom is 0.275 e. The van der Waals surface area contributed by atoms with Crippen molar-refractivity contribution >= 4 is 28.9 Å². The Morgan fingerprint density at radius 2 is 2.05 bits per heavy atom. The molecule has 7 heteroatoms. The molecule has 0 N–H and O–H groups in total. The van der Waals surface area contributed by atoms with Crippen LogP contribution in [-0.4, -0.2) is 4.92 Å². The van der Waals surface area contributed by atoms with E-state index in [0.29, 0.717) is 16.3 Å². The van der Waals surface area contributed by atoms with Crippen LogP contribution in [0.1, 0.15) is 11.1 Å². The minimum atomic E-state index is -0.815. The van der Waals surface area contributed by atoms with Gasteiger partial charge in [0.1, 0.15) is 5.75 Å². The summed E-state index contributed by atoms with van der Waals surface area (Å²) in [6.45, 7) is 1.51. The van der Waals surface area contributed by atoms with Gasteiger partial charge in [0.05, 0.1) is 11.0 Å². The van der Waals surface area contributed by atoms with Gasteiger partial charge in [-0.3, -0.25) is 10.1 Å². The molecule has 2 aromatic rings. The fourth-order valence-corrected chi connectivity index (χ4v) is 2.29. The predicted octanol–water partition coefficient (Wildman–Crippen LogP) is 5.23. The van der Waals surface area contributed by atoms with Gasteiger partial charge in [0, 0.05) is 16.5 Å². The highest BCUT2D eigenvalue weighted by molar-refractivity contribution is 6.32. The molecule has 2 rings (SSSR count). The van der Waals surface area contributed by atoms with Crippen LogP contribution in [0.15, 0.2) is 30.3 Å². The third-order valence-electron chi connectivity index (χ3n) is 2.84. The van der Waals surface area contributed by atoms with E-state index in [1.807, 2.05) is 0 Å². The fraction of sp³-hybridized carbons (Fsp3) is 0.143. The van der Waals surface area contributed by atoms with Crippen LogP contribution >= 0.6 is 23.2 Å². The Labute approximate surface area is 130 Å². The van der Waals surface area contributed by atoms with Crippen LogP contribution in [0.25, 0.3) is 0 Å². The second-order valence-corrected chi connectivity index (χ2v) is 4.99. The molecule has 0 bridgehead atoms. The summed E-state index contributed by atoms with van der Waals surface area (Å²) in [7, 11) is 0. The van der Waals surface area contributed by atoms with Crippen molar-refractivity contribution in [3.05, 3.63) is 62.4 Å². The van der Waals surface area contributed by atoms with Crippen molar-refractivity contribution < 1.29 is 14.1 Å². The van der Waals surface area contributed by atoms with Gasteiger partial charge in [-0.15, -0.1) is 11.6 Å². The van der Waals surface area contributed by atoms with E-state index in [-0.39, 0.29) is 17.3 Å². The first-order valence-corrected chi connectivity index (χ1v) is 6.80. The lowest BCUT2D eigenvalue weighted by Crippen LogP contribution is -1.96. The summed E-state index contributed by atoms with van der Waals surface area (Å²) in [4.78, 5) is 10.1. The smallest absolute Gasteiger partial charge is 0.275 e. The Balaban J connectivity index is 2.34. The van der Waals surface area contributed by atoms with Crippen LogP contribution < -0.4 is 4.74 Å². The molecule has 110 valence electrons. The van der Waals surface area contributed by atoms with E-state index in [9.17, 15) is 14.5 Å². The average Bonchev–Trinajstić information content (AvgIpc) is 2.42. The molecular weight excluding hydrogens is 320 g/mol. The maximum atomic E-state index is 13.8. The highest BCUT2D eigenvalue weighted by atomic mass is 35.5. The van der Waals surface area contributed by atoms with E-state index in [1.54, 1.807) is 12.1 Å². The van der Waals surface area contributed by atoms with Crippen LogP contribution in [0.4, 0.5) is 10.1 Å². The Morgan fingerprint density at radius 3 is 2.62 bits per heavy atom. The molecule has 2 aromatic carbocycles. The lowest BCUT2D eigenvalue weighted by atomic mass is 10.2. The Bertz CT molecular complexity index is 707. The third kappa shape index (κ3) is 3.43. The Hall–Kier alpha value is -1.85. The molecule has 0 heterocycles. The van der Waals surface area contributed by atoms with Gasteiger partial charge in [0.2, 0.25) is 0 Å². The van der Waals surface area contributed by atoms with Gasteiger partial charge in [-0.1, -0.05) is 17.7 Å². The third-order valence-corrected chi connectivity index (χ3v) is 3.48. The number of nitro benzene ring substituents is 1. The monoisotopic (exact) mass is 329 g/mol. The standard InChI is InChI=1S/C14H10Cl2FNO3/c1-8-4-14(12(17)6-13(8)18(19)20)21-10-3-2-9(7-15)11(16)5-10/h2-6H,7H2,1H3. The first-order chi connectivity index (χ1) is 9.92. The van der Waals surface area contributed by atoms with E-state index in [2.05, 4.69) is 0 Å². The van der Waals surface area contributed by atoms with Crippen LogP contribution in [0.3, 0.4) is 0 Å². The van der Waals surface area contributed by atoms with Gasteiger partial charge in [-0.05, 0) is 30.7 Å². The van der Waals surface area contributed by atoms with Crippen molar-refractivity contribution in [1.29, 1.82) is 0 Å². The molecule has 0 fully saturated rings. The van der Waals surface area contributed by atoms with Gasteiger partial charge in [0.15, 0.2) is 11.6 Å². The van der Waals surface area contributed by atoms with Crippen molar-refractivity contribution in [3.8, 4) is 11.5 Å². The van der Waals surface area contributed by atoms with E-state index in [4.69, 9.17) is 27.9 Å². The van der Waals surface area contributed by atoms with Crippen LogP contribution in [-0.2, 0) is 5.88 Å².